The van der Waals surface area contributed by atoms with Crippen LogP contribution in [0.25, 0.3) is 0 Å². The van der Waals surface area contributed by atoms with E-state index < -0.39 is 21.7 Å². The molecule has 318 valence electrons. The second-order valence-corrected chi connectivity index (χ2v) is 21.9. The maximum atomic E-state index is 14.5. The average Bonchev–Trinajstić information content (AvgIpc) is 2.98. The highest BCUT2D eigenvalue weighted by molar-refractivity contribution is 5.89. The summed E-state index contributed by atoms with van der Waals surface area (Å²) in [5, 5.41) is 12.7. The number of carbonyl (C=O) groups is 4. The molecule has 0 aromatic heterocycles. The molecule has 3 unspecified atom stereocenters. The second kappa shape index (κ2) is 20.8. The van der Waals surface area contributed by atoms with Crippen LogP contribution in [-0.4, -0.2) is 178 Å². The molecule has 0 heterocycles. The lowest BCUT2D eigenvalue weighted by Crippen LogP contribution is -2.53. The van der Waals surface area contributed by atoms with E-state index in [1.54, 1.807) is 0 Å². The summed E-state index contributed by atoms with van der Waals surface area (Å²) in [4.78, 5) is 56.8. The van der Waals surface area contributed by atoms with E-state index in [1.165, 1.54) is 0 Å². The van der Waals surface area contributed by atoms with Crippen molar-refractivity contribution in [1.82, 2.24) is 21.3 Å². The fraction of sp³-hybridized carbons (Fsp3) is 0.905. The molecule has 0 aliphatic rings. The van der Waals surface area contributed by atoms with Crippen molar-refractivity contribution in [2.45, 2.75) is 92.9 Å². The Balaban J connectivity index is 6.77. The van der Waals surface area contributed by atoms with Gasteiger partial charge in [0.2, 0.25) is 23.6 Å². The zero-order chi connectivity index (χ0) is 42.5. The van der Waals surface area contributed by atoms with Gasteiger partial charge in [-0.1, -0.05) is 41.5 Å². The van der Waals surface area contributed by atoms with E-state index in [9.17, 15) is 19.2 Å². The maximum absolute atomic E-state index is 14.5. The third kappa shape index (κ3) is 21.1. The van der Waals surface area contributed by atoms with Gasteiger partial charge in [0, 0.05) is 73.5 Å². The number of amides is 4. The molecular weight excluding hydrogens is 681 g/mol. The highest BCUT2D eigenvalue weighted by Crippen LogP contribution is 2.48. The number of hydrogen-bond acceptors (Lipinski definition) is 4. The summed E-state index contributed by atoms with van der Waals surface area (Å²) in [7, 11) is 25.6. The predicted molar refractivity (Wildman–Crippen MR) is 224 cm³/mol. The minimum absolute atomic E-state index is 0.0736. The first-order chi connectivity index (χ1) is 24.2. The summed E-state index contributed by atoms with van der Waals surface area (Å²) in [6, 6.07) is 0. The Labute approximate surface area is 332 Å². The van der Waals surface area contributed by atoms with E-state index in [1.807, 2.05) is 41.5 Å². The predicted octanol–water partition coefficient (Wildman–Crippen LogP) is 3.46. The molecule has 0 bridgehead atoms. The van der Waals surface area contributed by atoms with Gasteiger partial charge in [-0.25, -0.2) is 0 Å². The van der Waals surface area contributed by atoms with Crippen LogP contribution in [0.15, 0.2) is 0 Å². The zero-order valence-electron chi connectivity index (χ0n) is 38.7. The van der Waals surface area contributed by atoms with Crippen molar-refractivity contribution < 1.29 is 37.1 Å². The van der Waals surface area contributed by atoms with Gasteiger partial charge in [0.05, 0.1) is 111 Å². The molecule has 0 saturated heterocycles. The molecule has 4 N–H and O–H groups in total. The van der Waals surface area contributed by atoms with Crippen LogP contribution in [0.5, 0.6) is 0 Å². The maximum Gasteiger partial charge on any atom is 0.226 e. The van der Waals surface area contributed by atoms with Crippen LogP contribution < -0.4 is 21.3 Å². The molecule has 0 aromatic rings. The molecule has 3 atom stereocenters. The van der Waals surface area contributed by atoms with Gasteiger partial charge in [0.1, 0.15) is 0 Å². The molecule has 0 rings (SSSR count). The van der Waals surface area contributed by atoms with E-state index in [2.05, 4.69) is 106 Å². The lowest BCUT2D eigenvalue weighted by molar-refractivity contribution is -0.870. The fourth-order valence-electron chi connectivity index (χ4n) is 7.49. The molecule has 0 saturated carbocycles. The van der Waals surface area contributed by atoms with E-state index in [-0.39, 0.29) is 42.9 Å². The molecule has 0 radical (unpaired) electrons. The van der Waals surface area contributed by atoms with Crippen molar-refractivity contribution in [1.29, 1.82) is 0 Å². The molecule has 0 aliphatic carbocycles. The number of carbonyl (C=O) groups excluding carboxylic acids is 4. The van der Waals surface area contributed by atoms with Crippen molar-refractivity contribution in [2.24, 2.45) is 21.7 Å². The summed E-state index contributed by atoms with van der Waals surface area (Å²) in [5.41, 5.74) is -3.94. The zero-order valence-corrected chi connectivity index (χ0v) is 38.7. The first kappa shape index (κ1) is 51.7. The molecule has 4 amide bonds. The molecule has 0 aromatic carbocycles. The van der Waals surface area contributed by atoms with Crippen molar-refractivity contribution in [3.8, 4) is 0 Å². The second-order valence-electron chi connectivity index (χ2n) is 21.9. The van der Waals surface area contributed by atoms with E-state index in [4.69, 9.17) is 0 Å². The molecular formula is C42H90N8O4+4. The quantitative estimate of drug-likeness (QED) is 0.0757. The summed E-state index contributed by atoms with van der Waals surface area (Å²) in [5.74, 6) is -0.503. The number of quaternary nitrogens is 4. The largest absolute Gasteiger partial charge is 0.355 e. The normalized spacial score (nSPS) is 16.4. The smallest absolute Gasteiger partial charge is 0.226 e. The molecule has 54 heavy (non-hydrogen) atoms. The van der Waals surface area contributed by atoms with Crippen LogP contribution in [0.4, 0.5) is 0 Å². The Hall–Kier alpha value is -2.28. The van der Waals surface area contributed by atoms with Gasteiger partial charge in [0.15, 0.2) is 0 Å². The topological polar surface area (TPSA) is 116 Å². The molecule has 12 nitrogen and oxygen atoms in total. The summed E-state index contributed by atoms with van der Waals surface area (Å²) < 4.78 is 3.20. The van der Waals surface area contributed by atoms with Crippen LogP contribution in [0, 0.1) is 21.7 Å². The lowest BCUT2D eigenvalue weighted by atomic mass is 9.60. The summed E-state index contributed by atoms with van der Waals surface area (Å²) in [6.07, 6.45) is 4.51. The number of nitrogens with one attached hydrogen (secondary N) is 4. The average molecular weight is 771 g/mol. The minimum atomic E-state index is -1.09. The van der Waals surface area contributed by atoms with Crippen LogP contribution >= 0.6 is 0 Å². The van der Waals surface area contributed by atoms with Gasteiger partial charge in [-0.2, -0.15) is 0 Å². The highest BCUT2D eigenvalue weighted by atomic mass is 16.2. The molecule has 0 spiro atoms. The Morgan fingerprint density at radius 1 is 0.389 bits per heavy atom. The van der Waals surface area contributed by atoms with Gasteiger partial charge in [-0.15, -0.1) is 0 Å². The summed E-state index contributed by atoms with van der Waals surface area (Å²) in [6.45, 7) is 17.3. The van der Waals surface area contributed by atoms with Crippen molar-refractivity contribution in [3.63, 3.8) is 0 Å². The van der Waals surface area contributed by atoms with Gasteiger partial charge in [-0.05, 0) is 25.7 Å². The number of rotatable bonds is 27. The Morgan fingerprint density at radius 3 is 0.907 bits per heavy atom. The SMILES string of the molecule is CCC(C)(CC(C)(CC(C)(CC(C)(C)C(=O)NCCC[N+](C)(C)C)C(=O)NCCC[N+](C)(C)C)C(=O)NCCC[N+](C)(C)C)C(=O)NCCC[N+](C)(C)C. The third-order valence-electron chi connectivity index (χ3n) is 10.6. The number of hydrogen-bond donors (Lipinski definition) is 4. The Morgan fingerprint density at radius 2 is 0.630 bits per heavy atom. The fourth-order valence-corrected chi connectivity index (χ4v) is 7.49. The first-order valence-corrected chi connectivity index (χ1v) is 20.5. The summed E-state index contributed by atoms with van der Waals surface area (Å²) >= 11 is 0. The van der Waals surface area contributed by atoms with E-state index in [0.29, 0.717) is 32.6 Å². The molecule has 0 fully saturated rings. The molecule has 12 heteroatoms. The van der Waals surface area contributed by atoms with Crippen LogP contribution in [-0.2, 0) is 19.2 Å². The number of nitrogens with zero attached hydrogens (tertiary/aromatic N) is 4. The van der Waals surface area contributed by atoms with Gasteiger partial charge in [-0.3, -0.25) is 19.2 Å². The van der Waals surface area contributed by atoms with Crippen LogP contribution in [0.2, 0.25) is 0 Å². The standard InChI is InChI=1S/C42H86N8O4/c1-19-40(4,36(52)44-25-21-29-48(10,11)12)33-42(6,38(54)46-27-23-31-50(16,17)18)34-41(5,37(53)45-26-22-30-49(13,14)15)32-39(2,3)35(51)43-24-20-28-47(7,8)9/h19-34H2,1-18H3/p+4. The van der Waals surface area contributed by atoms with Gasteiger partial charge >= 0.3 is 0 Å². The van der Waals surface area contributed by atoms with Crippen LogP contribution in [0.3, 0.4) is 0 Å². The van der Waals surface area contributed by atoms with Crippen molar-refractivity contribution >= 4 is 23.6 Å². The van der Waals surface area contributed by atoms with Crippen molar-refractivity contribution in [2.75, 3.05) is 137 Å². The van der Waals surface area contributed by atoms with Gasteiger partial charge in [0.25, 0.3) is 0 Å². The van der Waals surface area contributed by atoms with Crippen LogP contribution in [0.1, 0.15) is 92.9 Å². The van der Waals surface area contributed by atoms with E-state index >= 15 is 0 Å². The lowest BCUT2D eigenvalue weighted by Gasteiger charge is -2.44. The Kier molecular flexibility index (Phi) is 19.9. The monoisotopic (exact) mass is 771 g/mol. The minimum Gasteiger partial charge on any atom is -0.355 e. The van der Waals surface area contributed by atoms with Gasteiger partial charge < -0.3 is 39.2 Å². The highest BCUT2D eigenvalue weighted by Gasteiger charge is 2.51. The Bertz CT molecular complexity index is 1190. The van der Waals surface area contributed by atoms with E-state index in [0.717, 1.165) is 69.8 Å². The van der Waals surface area contributed by atoms with Crippen molar-refractivity contribution in [3.05, 3.63) is 0 Å². The third-order valence-corrected chi connectivity index (χ3v) is 10.6. The molecule has 0 aliphatic heterocycles. The first-order valence-electron chi connectivity index (χ1n) is 20.5.